The Labute approximate surface area is 359 Å². The van der Waals surface area contributed by atoms with Crippen molar-refractivity contribution in [3.63, 3.8) is 0 Å². The van der Waals surface area contributed by atoms with E-state index >= 15 is 0 Å². The smallest absolute Gasteiger partial charge is 0.306 e. The second kappa shape index (κ2) is 33.8. The van der Waals surface area contributed by atoms with E-state index in [2.05, 4.69) is 26.0 Å². The maximum absolute atomic E-state index is 12.9. The molecule has 2 aliphatic rings. The molecule has 2 saturated heterocycles. The number of allylic oxidation sites excluding steroid dienone is 2. The van der Waals surface area contributed by atoms with E-state index in [1.807, 2.05) is 0 Å². The van der Waals surface area contributed by atoms with Gasteiger partial charge < -0.3 is 64.2 Å². The summed E-state index contributed by atoms with van der Waals surface area (Å²) in [7, 11) is 0. The third-order valence-corrected chi connectivity index (χ3v) is 11.2. The Balaban J connectivity index is 1.86. The fraction of sp³-hybridized carbons (Fsp3) is 0.911. The van der Waals surface area contributed by atoms with Crippen molar-refractivity contribution in [2.45, 2.75) is 235 Å². The molecule has 2 rings (SSSR count). The fourth-order valence-electron chi connectivity index (χ4n) is 7.33. The van der Waals surface area contributed by atoms with Crippen LogP contribution in [0, 0.1) is 0 Å². The lowest BCUT2D eigenvalue weighted by Gasteiger charge is -2.42. The van der Waals surface area contributed by atoms with E-state index in [0.29, 0.717) is 12.8 Å². The molecule has 2 fully saturated rings. The Morgan fingerprint density at radius 1 is 0.517 bits per heavy atom. The molecule has 2 aliphatic heterocycles. The van der Waals surface area contributed by atoms with Gasteiger partial charge in [0.05, 0.1) is 19.8 Å². The highest BCUT2D eigenvalue weighted by molar-refractivity contribution is 5.70. The summed E-state index contributed by atoms with van der Waals surface area (Å²) < 4.78 is 33.4. The average molecular weight is 863 g/mol. The van der Waals surface area contributed by atoms with Crippen molar-refractivity contribution in [2.75, 3.05) is 26.4 Å². The van der Waals surface area contributed by atoms with E-state index in [4.69, 9.17) is 28.4 Å². The number of aliphatic hydroxyl groups excluding tert-OH is 7. The van der Waals surface area contributed by atoms with Crippen LogP contribution in [0.15, 0.2) is 12.2 Å². The summed E-state index contributed by atoms with van der Waals surface area (Å²) in [6.07, 6.45) is 12.5. The van der Waals surface area contributed by atoms with Crippen LogP contribution < -0.4 is 0 Å². The van der Waals surface area contributed by atoms with Gasteiger partial charge in [-0.15, -0.1) is 0 Å². The maximum atomic E-state index is 12.9. The van der Waals surface area contributed by atoms with Crippen LogP contribution in [0.2, 0.25) is 0 Å². The Bertz CT molecular complexity index is 1110. The number of ether oxygens (including phenoxy) is 6. The van der Waals surface area contributed by atoms with E-state index in [9.17, 15) is 45.3 Å². The second-order valence-corrected chi connectivity index (χ2v) is 16.6. The molecule has 0 aromatic rings. The van der Waals surface area contributed by atoms with Crippen LogP contribution in [0.1, 0.15) is 168 Å². The van der Waals surface area contributed by atoms with Crippen molar-refractivity contribution in [3.05, 3.63) is 12.2 Å². The molecule has 60 heavy (non-hydrogen) atoms. The molecule has 0 amide bonds. The predicted octanol–water partition coefficient (Wildman–Crippen LogP) is 5.04. The van der Waals surface area contributed by atoms with E-state index < -0.39 is 92.7 Å². The van der Waals surface area contributed by atoms with Gasteiger partial charge in [-0.05, 0) is 38.5 Å². The first-order valence-electron chi connectivity index (χ1n) is 23.3. The summed E-state index contributed by atoms with van der Waals surface area (Å²) in [6, 6.07) is 0. The minimum Gasteiger partial charge on any atom is -0.462 e. The molecule has 11 atom stereocenters. The monoisotopic (exact) mass is 863 g/mol. The zero-order chi connectivity index (χ0) is 44.0. The van der Waals surface area contributed by atoms with Gasteiger partial charge in [0.2, 0.25) is 0 Å². The van der Waals surface area contributed by atoms with Gasteiger partial charge in [-0.1, -0.05) is 129 Å². The van der Waals surface area contributed by atoms with Crippen molar-refractivity contribution in [1.29, 1.82) is 0 Å². The Morgan fingerprint density at radius 2 is 0.950 bits per heavy atom. The van der Waals surface area contributed by atoms with E-state index in [-0.39, 0.29) is 26.1 Å². The quantitative estimate of drug-likeness (QED) is 0.0252. The van der Waals surface area contributed by atoms with Crippen LogP contribution in [-0.4, -0.2) is 142 Å². The van der Waals surface area contributed by atoms with Crippen molar-refractivity contribution in [2.24, 2.45) is 0 Å². The zero-order valence-corrected chi connectivity index (χ0v) is 36.7. The third-order valence-electron chi connectivity index (χ3n) is 11.2. The first-order valence-corrected chi connectivity index (χ1v) is 23.3. The summed E-state index contributed by atoms with van der Waals surface area (Å²) in [5, 5.41) is 71.8. The van der Waals surface area contributed by atoms with E-state index in [0.717, 1.165) is 57.8 Å². The molecule has 0 saturated carbocycles. The summed E-state index contributed by atoms with van der Waals surface area (Å²) >= 11 is 0. The van der Waals surface area contributed by atoms with Crippen LogP contribution >= 0.6 is 0 Å². The number of carbonyl (C=O) groups is 2. The molecule has 0 radical (unpaired) electrons. The van der Waals surface area contributed by atoms with Crippen molar-refractivity contribution < 1.29 is 73.8 Å². The molecule has 4 unspecified atom stereocenters. The number of esters is 2. The summed E-state index contributed by atoms with van der Waals surface area (Å²) in [5.74, 6) is -0.932. The lowest BCUT2D eigenvalue weighted by Crippen LogP contribution is -2.61. The van der Waals surface area contributed by atoms with Crippen molar-refractivity contribution in [3.8, 4) is 0 Å². The van der Waals surface area contributed by atoms with Crippen LogP contribution in [0.3, 0.4) is 0 Å². The van der Waals surface area contributed by atoms with Gasteiger partial charge >= 0.3 is 11.9 Å². The number of carbonyl (C=O) groups excluding carboxylic acids is 2. The average Bonchev–Trinajstić information content (AvgIpc) is 3.24. The predicted molar refractivity (Wildman–Crippen MR) is 224 cm³/mol. The standard InChI is InChI=1S/C45H82O15/c1-3-5-7-9-11-13-15-17-19-21-23-25-27-36(47)55-30-33(58-37(48)28-26-24-22-20-18-16-14-12-10-8-6-4-2)31-56-44-43(54)41(52)39(50)35(60-44)32-57-45-42(53)40(51)38(49)34(29-46)59-45/h11,13,33-35,38-46,49-54H,3-10,12,14-32H2,1-2H3/b13-11+/t33-,34-,35-,38+,39+,40?,41?,42?,43?,44-,45-/m1/s1. The van der Waals surface area contributed by atoms with Crippen LogP contribution in [0.5, 0.6) is 0 Å². The molecule has 2 heterocycles. The van der Waals surface area contributed by atoms with Crippen LogP contribution in [0.25, 0.3) is 0 Å². The first kappa shape index (κ1) is 54.4. The Hall–Kier alpha value is -1.76. The summed E-state index contributed by atoms with van der Waals surface area (Å²) in [5.41, 5.74) is 0. The summed E-state index contributed by atoms with van der Waals surface area (Å²) in [4.78, 5) is 25.6. The second-order valence-electron chi connectivity index (χ2n) is 16.6. The lowest BCUT2D eigenvalue weighted by molar-refractivity contribution is -0.332. The molecule has 0 bridgehead atoms. The normalized spacial score (nSPS) is 27.6. The molecule has 0 aliphatic carbocycles. The Morgan fingerprint density at radius 3 is 1.50 bits per heavy atom. The fourth-order valence-corrected chi connectivity index (χ4v) is 7.33. The van der Waals surface area contributed by atoms with Gasteiger partial charge in [0.25, 0.3) is 0 Å². The first-order chi connectivity index (χ1) is 29.0. The van der Waals surface area contributed by atoms with Crippen molar-refractivity contribution in [1.82, 2.24) is 0 Å². The number of hydrogen-bond donors (Lipinski definition) is 7. The highest BCUT2D eigenvalue weighted by Gasteiger charge is 2.47. The number of aliphatic hydroxyl groups is 7. The third kappa shape index (κ3) is 22.5. The van der Waals surface area contributed by atoms with Gasteiger partial charge in [-0.3, -0.25) is 9.59 Å². The zero-order valence-electron chi connectivity index (χ0n) is 36.7. The highest BCUT2D eigenvalue weighted by Crippen LogP contribution is 2.26. The SMILES string of the molecule is CCCCC/C=C/CCCCCCCC(=O)OC[C@H](CO[C@@H]1O[C@H](CO[C@@H]2O[C@H](CO)[C@H](O)C(O)C2O)[C@H](O)C(O)C1O)OC(=O)CCCCCCCCCCCCCC. The van der Waals surface area contributed by atoms with Gasteiger partial charge in [0, 0.05) is 12.8 Å². The number of unbranched alkanes of at least 4 members (excludes halogenated alkanes) is 19. The lowest BCUT2D eigenvalue weighted by atomic mass is 9.98. The topological polar surface area (TPSA) is 231 Å². The Kier molecular flexibility index (Phi) is 30.6. The van der Waals surface area contributed by atoms with Gasteiger partial charge in [-0.25, -0.2) is 0 Å². The van der Waals surface area contributed by atoms with Crippen LogP contribution in [-0.2, 0) is 38.0 Å². The number of rotatable bonds is 35. The molecule has 7 N–H and O–H groups in total. The molecular weight excluding hydrogens is 780 g/mol. The minimum atomic E-state index is -1.76. The van der Waals surface area contributed by atoms with E-state index in [1.54, 1.807) is 0 Å². The molecular formula is C45H82O15. The molecule has 0 aromatic heterocycles. The highest BCUT2D eigenvalue weighted by atomic mass is 16.7. The molecule has 15 heteroatoms. The molecule has 0 spiro atoms. The van der Waals surface area contributed by atoms with Crippen molar-refractivity contribution >= 4 is 11.9 Å². The van der Waals surface area contributed by atoms with Gasteiger partial charge in [0.15, 0.2) is 18.7 Å². The molecule has 352 valence electrons. The van der Waals surface area contributed by atoms with E-state index in [1.165, 1.54) is 70.6 Å². The molecule has 15 nitrogen and oxygen atoms in total. The maximum Gasteiger partial charge on any atom is 0.306 e. The summed E-state index contributed by atoms with van der Waals surface area (Å²) in [6.45, 7) is 2.54. The largest absolute Gasteiger partial charge is 0.462 e. The minimum absolute atomic E-state index is 0.168. The van der Waals surface area contributed by atoms with Gasteiger partial charge in [-0.2, -0.15) is 0 Å². The van der Waals surface area contributed by atoms with Crippen LogP contribution in [0.4, 0.5) is 0 Å². The van der Waals surface area contributed by atoms with Gasteiger partial charge in [0.1, 0.15) is 55.4 Å². The number of hydrogen-bond acceptors (Lipinski definition) is 15. The molecule has 0 aromatic carbocycles.